The molecule has 0 N–H and O–H groups in total. The Morgan fingerprint density at radius 2 is 1.67 bits per heavy atom. The van der Waals surface area contributed by atoms with Gasteiger partial charge in [-0.1, -0.05) is 12.5 Å². The average Bonchev–Trinajstić information content (AvgIpc) is 2.26. The molecule has 0 aromatic heterocycles. The number of rotatable bonds is 5. The standard InChI is InChI=1S/C15H22OP.Li/c1-10-9-11(2)15(13(4)12(10)3)14(16)7-5-6-8-17;/h9,17H,5-8H2,1-4H3;/q-1;+1. The molecule has 0 atom stereocenters. The first-order valence-electron chi connectivity index (χ1n) is 6.24. The van der Waals surface area contributed by atoms with Crippen LogP contribution in [0.15, 0.2) is 6.07 Å². The normalized spacial score (nSPS) is 10.1. The van der Waals surface area contributed by atoms with Gasteiger partial charge in [0.1, 0.15) is 0 Å². The Hall–Kier alpha value is -0.0826. The second kappa shape index (κ2) is 8.16. The van der Waals surface area contributed by atoms with Gasteiger partial charge in [-0.3, -0.25) is 4.79 Å². The Labute approximate surface area is 126 Å². The van der Waals surface area contributed by atoms with Crippen molar-refractivity contribution in [2.45, 2.75) is 47.0 Å². The molecule has 0 fully saturated rings. The topological polar surface area (TPSA) is 17.1 Å². The molecule has 0 radical (unpaired) electrons. The van der Waals surface area contributed by atoms with Crippen LogP contribution in [0.25, 0.3) is 0 Å². The summed E-state index contributed by atoms with van der Waals surface area (Å²) in [5.41, 5.74) is 5.75. The molecule has 0 bridgehead atoms. The summed E-state index contributed by atoms with van der Waals surface area (Å²) in [6.45, 7) is 8.30. The van der Waals surface area contributed by atoms with E-state index in [4.69, 9.17) is 0 Å². The molecule has 1 rings (SSSR count). The van der Waals surface area contributed by atoms with Crippen LogP contribution in [0.2, 0.25) is 0 Å². The third-order valence-corrected chi connectivity index (χ3v) is 3.82. The van der Waals surface area contributed by atoms with E-state index in [2.05, 4.69) is 36.1 Å². The van der Waals surface area contributed by atoms with Crippen molar-refractivity contribution in [3.8, 4) is 0 Å². The molecular weight excluding hydrogens is 234 g/mol. The summed E-state index contributed by atoms with van der Waals surface area (Å²) in [4.78, 5) is 12.2. The Kier molecular flexibility index (Phi) is 8.12. The summed E-state index contributed by atoms with van der Waals surface area (Å²) in [6.07, 6.45) is 3.66. The maximum atomic E-state index is 12.2. The molecule has 0 aliphatic carbocycles. The van der Waals surface area contributed by atoms with Crippen molar-refractivity contribution in [2.24, 2.45) is 0 Å². The second-order valence-electron chi connectivity index (χ2n) is 4.77. The number of ketones is 1. The molecule has 0 aliphatic rings. The summed E-state index contributed by atoms with van der Waals surface area (Å²) in [5, 5.41) is 0. The van der Waals surface area contributed by atoms with Crippen molar-refractivity contribution in [3.05, 3.63) is 33.9 Å². The van der Waals surface area contributed by atoms with Gasteiger partial charge in [-0.2, -0.15) is 6.16 Å². The van der Waals surface area contributed by atoms with Crippen molar-refractivity contribution >= 4 is 15.0 Å². The molecule has 94 valence electrons. The van der Waals surface area contributed by atoms with Crippen molar-refractivity contribution in [2.75, 3.05) is 6.16 Å². The van der Waals surface area contributed by atoms with E-state index < -0.39 is 0 Å². The van der Waals surface area contributed by atoms with E-state index in [0.29, 0.717) is 12.2 Å². The Balaban J connectivity index is 0.00000289. The number of aryl methyl sites for hydroxylation is 2. The molecule has 0 unspecified atom stereocenters. The van der Waals surface area contributed by atoms with Gasteiger partial charge in [0.25, 0.3) is 0 Å². The van der Waals surface area contributed by atoms with E-state index in [1.54, 1.807) is 0 Å². The first-order valence-corrected chi connectivity index (χ1v) is 6.95. The Morgan fingerprint density at radius 1 is 1.06 bits per heavy atom. The number of benzene rings is 1. The van der Waals surface area contributed by atoms with Crippen LogP contribution in [0.5, 0.6) is 0 Å². The minimum atomic E-state index is 0. The first kappa shape index (κ1) is 17.9. The summed E-state index contributed by atoms with van der Waals surface area (Å²) < 4.78 is 0. The predicted molar refractivity (Wildman–Crippen MR) is 76.8 cm³/mol. The summed E-state index contributed by atoms with van der Waals surface area (Å²) >= 11 is 0. The van der Waals surface area contributed by atoms with Crippen LogP contribution in [-0.2, 0) is 0 Å². The van der Waals surface area contributed by atoms with Gasteiger partial charge in [0.15, 0.2) is 5.78 Å². The minimum Gasteiger partial charge on any atom is -0.558 e. The van der Waals surface area contributed by atoms with Gasteiger partial charge in [0, 0.05) is 12.0 Å². The molecule has 0 heterocycles. The number of unbranched alkanes of at least 4 members (excludes halogenated alkanes) is 1. The maximum Gasteiger partial charge on any atom is 1.00 e. The molecule has 0 saturated carbocycles. The number of carbonyl (C=O) groups excluding carboxylic acids is 1. The number of hydrogen-bond donors (Lipinski definition) is 0. The molecule has 0 saturated heterocycles. The molecule has 3 heteroatoms. The predicted octanol–water partition coefficient (Wildman–Crippen LogP) is 1.42. The fourth-order valence-electron chi connectivity index (χ4n) is 2.25. The van der Waals surface area contributed by atoms with Crippen LogP contribution < -0.4 is 18.9 Å². The van der Waals surface area contributed by atoms with Crippen molar-refractivity contribution in [1.82, 2.24) is 0 Å². The fraction of sp³-hybridized carbons (Fsp3) is 0.533. The monoisotopic (exact) mass is 256 g/mol. The largest absolute Gasteiger partial charge is 1.00 e. The first-order chi connectivity index (χ1) is 7.99. The van der Waals surface area contributed by atoms with Gasteiger partial charge in [-0.05, 0) is 56.4 Å². The van der Waals surface area contributed by atoms with Crippen molar-refractivity contribution in [1.29, 1.82) is 0 Å². The van der Waals surface area contributed by atoms with Crippen LogP contribution in [0.3, 0.4) is 0 Å². The molecular formula is C15H22LiOP. The minimum absolute atomic E-state index is 0. The van der Waals surface area contributed by atoms with Gasteiger partial charge in [0.2, 0.25) is 0 Å². The molecule has 1 nitrogen and oxygen atoms in total. The number of hydrogen-bond acceptors (Lipinski definition) is 1. The third kappa shape index (κ3) is 4.24. The van der Waals surface area contributed by atoms with E-state index >= 15 is 0 Å². The molecule has 0 amide bonds. The Morgan fingerprint density at radius 3 is 2.22 bits per heavy atom. The number of Topliss-reactive ketones (excluding diaryl/α,β-unsaturated/α-hetero) is 1. The van der Waals surface area contributed by atoms with Crippen LogP contribution >= 0.6 is 9.24 Å². The van der Waals surface area contributed by atoms with Crippen LogP contribution in [-0.4, -0.2) is 11.9 Å². The van der Waals surface area contributed by atoms with Gasteiger partial charge in [0.05, 0.1) is 0 Å². The molecule has 1 aromatic rings. The Bertz CT molecular complexity index is 427. The zero-order chi connectivity index (χ0) is 13.0. The van der Waals surface area contributed by atoms with E-state index in [-0.39, 0.29) is 18.9 Å². The van der Waals surface area contributed by atoms with Crippen LogP contribution in [0, 0.1) is 27.7 Å². The van der Waals surface area contributed by atoms with E-state index in [1.165, 1.54) is 11.1 Å². The smallest absolute Gasteiger partial charge is 0.558 e. The summed E-state index contributed by atoms with van der Waals surface area (Å²) in [7, 11) is 3.44. The van der Waals surface area contributed by atoms with Crippen molar-refractivity contribution in [3.63, 3.8) is 0 Å². The SMILES string of the molecule is Cc1cc(C)c(C(=O)CCCC[PH-])c(C)c1C.[Li+]. The van der Waals surface area contributed by atoms with E-state index in [1.807, 2.05) is 6.92 Å². The van der Waals surface area contributed by atoms with Gasteiger partial charge in [-0.25, -0.2) is 0 Å². The molecule has 0 spiro atoms. The van der Waals surface area contributed by atoms with Crippen molar-refractivity contribution < 1.29 is 23.7 Å². The van der Waals surface area contributed by atoms with E-state index in [9.17, 15) is 4.79 Å². The van der Waals surface area contributed by atoms with Gasteiger partial charge in [-0.15, -0.1) is 0 Å². The third-order valence-electron chi connectivity index (χ3n) is 3.47. The fourth-order valence-corrected chi connectivity index (χ4v) is 2.50. The quantitative estimate of drug-likeness (QED) is 0.337. The average molecular weight is 256 g/mol. The van der Waals surface area contributed by atoms with E-state index in [0.717, 1.165) is 35.7 Å². The zero-order valence-electron chi connectivity index (χ0n) is 12.3. The molecule has 0 aliphatic heterocycles. The summed E-state index contributed by atoms with van der Waals surface area (Å²) in [5.74, 6) is 0.295. The number of carbonyl (C=O) groups is 1. The van der Waals surface area contributed by atoms with Crippen LogP contribution in [0.4, 0.5) is 0 Å². The van der Waals surface area contributed by atoms with Crippen LogP contribution in [0.1, 0.15) is 51.9 Å². The van der Waals surface area contributed by atoms with Gasteiger partial charge < -0.3 is 9.24 Å². The molecule has 18 heavy (non-hydrogen) atoms. The zero-order valence-corrected chi connectivity index (χ0v) is 13.3. The molecule has 1 aromatic carbocycles. The summed E-state index contributed by atoms with van der Waals surface area (Å²) in [6, 6.07) is 2.12. The van der Waals surface area contributed by atoms with Gasteiger partial charge >= 0.3 is 18.9 Å². The maximum absolute atomic E-state index is 12.2. The second-order valence-corrected chi connectivity index (χ2v) is 5.27.